The second-order valence-electron chi connectivity index (χ2n) is 6.13. The number of halogens is 1. The SMILES string of the molecule is CC(C)COc1ccc(C(C)NC(=O)C2(N)CC2)cc1.Cl. The summed E-state index contributed by atoms with van der Waals surface area (Å²) in [6.07, 6.45) is 1.57. The number of hydrogen-bond donors (Lipinski definition) is 2. The molecule has 0 heterocycles. The first kappa shape index (κ1) is 17.8. The monoisotopic (exact) mass is 312 g/mol. The van der Waals surface area contributed by atoms with E-state index in [9.17, 15) is 4.79 Å². The van der Waals surface area contributed by atoms with Crippen LogP contribution in [0.25, 0.3) is 0 Å². The number of carbonyl (C=O) groups excluding carboxylic acids is 1. The number of rotatable bonds is 6. The van der Waals surface area contributed by atoms with Crippen LogP contribution in [-0.4, -0.2) is 18.1 Å². The van der Waals surface area contributed by atoms with Crippen LogP contribution >= 0.6 is 12.4 Å². The van der Waals surface area contributed by atoms with Gasteiger partial charge in [0, 0.05) is 0 Å². The van der Waals surface area contributed by atoms with Gasteiger partial charge >= 0.3 is 0 Å². The zero-order chi connectivity index (χ0) is 14.8. The molecule has 1 aliphatic carbocycles. The summed E-state index contributed by atoms with van der Waals surface area (Å²) < 4.78 is 5.64. The Hall–Kier alpha value is -1.26. The third kappa shape index (κ3) is 4.90. The molecule has 2 rings (SSSR count). The summed E-state index contributed by atoms with van der Waals surface area (Å²) in [7, 11) is 0. The summed E-state index contributed by atoms with van der Waals surface area (Å²) in [5.41, 5.74) is 6.31. The van der Waals surface area contributed by atoms with Crippen LogP contribution in [0.15, 0.2) is 24.3 Å². The van der Waals surface area contributed by atoms with Crippen molar-refractivity contribution in [3.8, 4) is 5.75 Å². The highest BCUT2D eigenvalue weighted by atomic mass is 35.5. The molecule has 1 aliphatic rings. The van der Waals surface area contributed by atoms with Crippen molar-refractivity contribution in [3.05, 3.63) is 29.8 Å². The molecule has 1 unspecified atom stereocenters. The Labute approximate surface area is 132 Å². The van der Waals surface area contributed by atoms with Crippen molar-refractivity contribution in [3.63, 3.8) is 0 Å². The third-order valence-corrected chi connectivity index (χ3v) is 3.55. The van der Waals surface area contributed by atoms with Gasteiger partial charge in [0.15, 0.2) is 0 Å². The van der Waals surface area contributed by atoms with E-state index in [4.69, 9.17) is 10.5 Å². The number of hydrogen-bond acceptors (Lipinski definition) is 3. The van der Waals surface area contributed by atoms with Crippen LogP contribution in [0.4, 0.5) is 0 Å². The van der Waals surface area contributed by atoms with E-state index in [0.717, 1.165) is 24.2 Å². The van der Waals surface area contributed by atoms with E-state index >= 15 is 0 Å². The third-order valence-electron chi connectivity index (χ3n) is 3.55. The summed E-state index contributed by atoms with van der Waals surface area (Å²) in [6, 6.07) is 7.81. The van der Waals surface area contributed by atoms with Crippen LogP contribution in [0.2, 0.25) is 0 Å². The van der Waals surface area contributed by atoms with Gasteiger partial charge in [-0.2, -0.15) is 0 Å². The fourth-order valence-corrected chi connectivity index (χ4v) is 1.90. The van der Waals surface area contributed by atoms with E-state index in [1.165, 1.54) is 0 Å². The van der Waals surface area contributed by atoms with E-state index in [2.05, 4.69) is 19.2 Å². The number of nitrogens with one attached hydrogen (secondary N) is 1. The molecule has 0 aromatic heterocycles. The predicted molar refractivity (Wildman–Crippen MR) is 86.7 cm³/mol. The Bertz CT molecular complexity index is 470. The van der Waals surface area contributed by atoms with Crippen molar-refractivity contribution in [2.24, 2.45) is 11.7 Å². The van der Waals surface area contributed by atoms with Crippen molar-refractivity contribution < 1.29 is 9.53 Å². The predicted octanol–water partition coefficient (Wildman–Crippen LogP) is 2.81. The first-order valence-electron chi connectivity index (χ1n) is 7.23. The lowest BCUT2D eigenvalue weighted by Crippen LogP contribution is -2.43. The number of nitrogens with two attached hydrogens (primary N) is 1. The Balaban J connectivity index is 0.00000220. The molecule has 0 saturated heterocycles. The highest BCUT2D eigenvalue weighted by Gasteiger charge is 2.46. The molecular formula is C16H25ClN2O2. The lowest BCUT2D eigenvalue weighted by Gasteiger charge is -2.17. The molecule has 1 saturated carbocycles. The standard InChI is InChI=1S/C16H24N2O2.ClH/c1-11(2)10-20-14-6-4-13(5-7-14)12(3)18-15(19)16(17)8-9-16;/h4-7,11-12H,8-10,17H2,1-3H3,(H,18,19);1H. The van der Waals surface area contributed by atoms with Crippen molar-refractivity contribution in [1.82, 2.24) is 5.32 Å². The minimum Gasteiger partial charge on any atom is -0.493 e. The van der Waals surface area contributed by atoms with Gasteiger partial charge in [-0.15, -0.1) is 12.4 Å². The molecule has 0 radical (unpaired) electrons. The van der Waals surface area contributed by atoms with E-state index in [1.807, 2.05) is 31.2 Å². The molecule has 1 aromatic carbocycles. The van der Waals surface area contributed by atoms with E-state index in [1.54, 1.807) is 0 Å². The van der Waals surface area contributed by atoms with Crippen LogP contribution in [0.1, 0.15) is 45.2 Å². The molecule has 1 atom stereocenters. The second kappa shape index (κ2) is 7.14. The first-order chi connectivity index (χ1) is 9.40. The van der Waals surface area contributed by atoms with Crippen LogP contribution in [0.5, 0.6) is 5.75 Å². The van der Waals surface area contributed by atoms with Gasteiger partial charge in [-0.3, -0.25) is 4.79 Å². The Morgan fingerprint density at radius 3 is 2.33 bits per heavy atom. The first-order valence-corrected chi connectivity index (χ1v) is 7.23. The molecule has 0 spiro atoms. The zero-order valence-corrected chi connectivity index (χ0v) is 13.7. The topological polar surface area (TPSA) is 64.3 Å². The number of ether oxygens (including phenoxy) is 1. The molecule has 0 aliphatic heterocycles. The van der Waals surface area contributed by atoms with Crippen molar-refractivity contribution in [1.29, 1.82) is 0 Å². The molecule has 21 heavy (non-hydrogen) atoms. The second-order valence-corrected chi connectivity index (χ2v) is 6.13. The quantitative estimate of drug-likeness (QED) is 0.849. The largest absolute Gasteiger partial charge is 0.493 e. The Morgan fingerprint density at radius 1 is 1.29 bits per heavy atom. The molecule has 1 amide bonds. The Kier molecular flexibility index (Phi) is 6.05. The number of amides is 1. The van der Waals surface area contributed by atoms with Crippen LogP contribution in [0.3, 0.4) is 0 Å². The van der Waals surface area contributed by atoms with Gasteiger partial charge in [0.2, 0.25) is 5.91 Å². The molecule has 5 heteroatoms. The lowest BCUT2D eigenvalue weighted by atomic mass is 10.1. The van der Waals surface area contributed by atoms with E-state index < -0.39 is 5.54 Å². The molecule has 3 N–H and O–H groups in total. The van der Waals surface area contributed by atoms with Gasteiger partial charge in [-0.05, 0) is 43.4 Å². The molecule has 0 bridgehead atoms. The fraction of sp³-hybridized carbons (Fsp3) is 0.562. The molecular weight excluding hydrogens is 288 g/mol. The summed E-state index contributed by atoms with van der Waals surface area (Å²) in [6.45, 7) is 6.91. The van der Waals surface area contributed by atoms with Gasteiger partial charge in [0.1, 0.15) is 5.75 Å². The Morgan fingerprint density at radius 2 is 1.86 bits per heavy atom. The van der Waals surface area contributed by atoms with Crippen LogP contribution < -0.4 is 15.8 Å². The maximum absolute atomic E-state index is 11.9. The summed E-state index contributed by atoms with van der Waals surface area (Å²) >= 11 is 0. The van der Waals surface area contributed by atoms with Crippen LogP contribution in [-0.2, 0) is 4.79 Å². The molecule has 4 nitrogen and oxygen atoms in total. The van der Waals surface area contributed by atoms with Gasteiger partial charge in [0.25, 0.3) is 0 Å². The summed E-state index contributed by atoms with van der Waals surface area (Å²) in [5, 5.41) is 2.96. The zero-order valence-electron chi connectivity index (χ0n) is 12.9. The molecule has 118 valence electrons. The van der Waals surface area contributed by atoms with Gasteiger partial charge < -0.3 is 15.8 Å². The van der Waals surface area contributed by atoms with Gasteiger partial charge in [0.05, 0.1) is 18.2 Å². The number of benzene rings is 1. The van der Waals surface area contributed by atoms with Gasteiger partial charge in [-0.25, -0.2) is 0 Å². The average molecular weight is 313 g/mol. The summed E-state index contributed by atoms with van der Waals surface area (Å²) in [4.78, 5) is 11.9. The maximum Gasteiger partial charge on any atom is 0.240 e. The van der Waals surface area contributed by atoms with Crippen molar-refractivity contribution in [2.75, 3.05) is 6.61 Å². The number of carbonyl (C=O) groups is 1. The van der Waals surface area contributed by atoms with E-state index in [-0.39, 0.29) is 24.4 Å². The smallest absolute Gasteiger partial charge is 0.240 e. The molecule has 1 aromatic rings. The van der Waals surface area contributed by atoms with Crippen molar-refractivity contribution in [2.45, 2.75) is 45.2 Å². The normalized spacial score (nSPS) is 16.8. The van der Waals surface area contributed by atoms with Gasteiger partial charge in [-0.1, -0.05) is 26.0 Å². The van der Waals surface area contributed by atoms with E-state index in [0.29, 0.717) is 12.5 Å². The maximum atomic E-state index is 11.9. The minimum absolute atomic E-state index is 0. The molecule has 1 fully saturated rings. The highest BCUT2D eigenvalue weighted by molar-refractivity contribution is 5.89. The average Bonchev–Trinajstić information content (AvgIpc) is 3.16. The highest BCUT2D eigenvalue weighted by Crippen LogP contribution is 2.33. The fourth-order valence-electron chi connectivity index (χ4n) is 1.90. The lowest BCUT2D eigenvalue weighted by molar-refractivity contribution is -0.123. The van der Waals surface area contributed by atoms with Crippen molar-refractivity contribution >= 4 is 18.3 Å². The minimum atomic E-state index is -0.616. The summed E-state index contributed by atoms with van der Waals surface area (Å²) in [5.74, 6) is 1.32. The van der Waals surface area contributed by atoms with Crippen LogP contribution in [0, 0.1) is 5.92 Å².